The van der Waals surface area contributed by atoms with Crippen LogP contribution in [-0.4, -0.2) is 35.1 Å². The van der Waals surface area contributed by atoms with Crippen molar-refractivity contribution in [1.82, 2.24) is 10.2 Å². The average molecular weight is 412 g/mol. The van der Waals surface area contributed by atoms with Gasteiger partial charge < -0.3 is 4.90 Å². The number of nitriles is 1. The molecule has 0 aliphatic carbocycles. The molecule has 0 aliphatic heterocycles. The van der Waals surface area contributed by atoms with Gasteiger partial charge >= 0.3 is 6.18 Å². The summed E-state index contributed by atoms with van der Waals surface area (Å²) < 4.78 is 37.6. The fourth-order valence-electron chi connectivity index (χ4n) is 2.04. The molecule has 13 heteroatoms. The standard InChI is InChI=1S/C15H11F3N6O3S/c1-23(2)11-4-3-10(24(26)27)6-8(11)5-9(7-19)12(25)20-14-22-21-13(28-14)15(16,17)18/h3-6H,1-2H3,(H,20,22,25)/b9-5+. The number of aromatic nitrogens is 2. The minimum absolute atomic E-state index is 0.103. The highest BCUT2D eigenvalue weighted by Gasteiger charge is 2.35. The zero-order valence-electron chi connectivity index (χ0n) is 14.3. The predicted octanol–water partition coefficient (Wildman–Crippen LogP) is 3.08. The highest BCUT2D eigenvalue weighted by Crippen LogP contribution is 2.33. The maximum absolute atomic E-state index is 12.5. The van der Waals surface area contributed by atoms with Crippen molar-refractivity contribution >= 4 is 39.8 Å². The molecule has 28 heavy (non-hydrogen) atoms. The summed E-state index contributed by atoms with van der Waals surface area (Å²) in [6.45, 7) is 0. The molecule has 0 radical (unpaired) electrons. The summed E-state index contributed by atoms with van der Waals surface area (Å²) in [6, 6.07) is 5.49. The summed E-state index contributed by atoms with van der Waals surface area (Å²) in [7, 11) is 3.31. The Morgan fingerprint density at radius 3 is 2.57 bits per heavy atom. The van der Waals surface area contributed by atoms with Crippen LogP contribution in [0.2, 0.25) is 0 Å². The highest BCUT2D eigenvalue weighted by molar-refractivity contribution is 7.15. The van der Waals surface area contributed by atoms with Crippen molar-refractivity contribution in [3.8, 4) is 6.07 Å². The number of hydrogen-bond acceptors (Lipinski definition) is 8. The van der Waals surface area contributed by atoms with E-state index in [-0.39, 0.29) is 22.6 Å². The lowest BCUT2D eigenvalue weighted by atomic mass is 10.1. The van der Waals surface area contributed by atoms with Gasteiger partial charge in [0.25, 0.3) is 11.6 Å². The van der Waals surface area contributed by atoms with Gasteiger partial charge in [-0.1, -0.05) is 11.3 Å². The van der Waals surface area contributed by atoms with Crippen LogP contribution in [0.4, 0.5) is 29.7 Å². The molecular weight excluding hydrogens is 401 g/mol. The second-order valence-electron chi connectivity index (χ2n) is 5.43. The monoisotopic (exact) mass is 412 g/mol. The van der Waals surface area contributed by atoms with Crippen LogP contribution in [-0.2, 0) is 11.0 Å². The zero-order chi connectivity index (χ0) is 21.1. The molecule has 1 amide bonds. The Balaban J connectivity index is 2.36. The SMILES string of the molecule is CN(C)c1ccc([N+](=O)[O-])cc1/C=C(\C#N)C(=O)Nc1nnc(C(F)(F)F)s1. The number of carbonyl (C=O) groups is 1. The van der Waals surface area contributed by atoms with E-state index >= 15 is 0 Å². The maximum atomic E-state index is 12.5. The maximum Gasteiger partial charge on any atom is 0.445 e. The van der Waals surface area contributed by atoms with Crippen LogP contribution in [0.15, 0.2) is 23.8 Å². The first-order valence-electron chi connectivity index (χ1n) is 7.32. The lowest BCUT2D eigenvalue weighted by molar-refractivity contribution is -0.384. The topological polar surface area (TPSA) is 125 Å². The molecule has 2 rings (SSSR count). The van der Waals surface area contributed by atoms with Crippen LogP contribution in [0, 0.1) is 21.4 Å². The molecule has 2 aromatic rings. The minimum atomic E-state index is -4.71. The number of halogens is 3. The molecule has 0 unspecified atom stereocenters. The van der Waals surface area contributed by atoms with Crippen LogP contribution < -0.4 is 10.2 Å². The number of anilines is 2. The van der Waals surface area contributed by atoms with E-state index in [9.17, 15) is 33.3 Å². The normalized spacial score (nSPS) is 11.6. The molecular formula is C15H11F3N6O3S. The van der Waals surface area contributed by atoms with Crippen LogP contribution in [0.1, 0.15) is 10.6 Å². The molecule has 1 aromatic heterocycles. The van der Waals surface area contributed by atoms with Crippen molar-refractivity contribution in [1.29, 1.82) is 5.26 Å². The van der Waals surface area contributed by atoms with Gasteiger partial charge in [-0.05, 0) is 12.1 Å². The molecule has 0 bridgehead atoms. The van der Waals surface area contributed by atoms with Gasteiger partial charge in [-0.3, -0.25) is 20.2 Å². The van der Waals surface area contributed by atoms with Gasteiger partial charge in [-0.2, -0.15) is 18.4 Å². The third kappa shape index (κ3) is 4.80. The molecule has 146 valence electrons. The van der Waals surface area contributed by atoms with Crippen molar-refractivity contribution in [2.75, 3.05) is 24.3 Å². The fourth-order valence-corrected chi connectivity index (χ4v) is 2.64. The summed E-state index contributed by atoms with van der Waals surface area (Å²) in [5.74, 6) is -1.02. The third-order valence-corrected chi connectivity index (χ3v) is 4.14. The molecule has 0 saturated heterocycles. The predicted molar refractivity (Wildman–Crippen MR) is 94.6 cm³/mol. The van der Waals surface area contributed by atoms with Crippen LogP contribution >= 0.6 is 11.3 Å². The number of alkyl halides is 3. The van der Waals surface area contributed by atoms with E-state index < -0.39 is 32.7 Å². The Bertz CT molecular complexity index is 994. The van der Waals surface area contributed by atoms with Crippen LogP contribution in [0.3, 0.4) is 0 Å². The van der Waals surface area contributed by atoms with Gasteiger partial charge in [0.05, 0.1) is 4.92 Å². The average Bonchev–Trinajstić information content (AvgIpc) is 3.07. The van der Waals surface area contributed by atoms with Gasteiger partial charge in [0.15, 0.2) is 0 Å². The van der Waals surface area contributed by atoms with Crippen molar-refractivity contribution in [3.05, 3.63) is 44.5 Å². The van der Waals surface area contributed by atoms with E-state index in [2.05, 4.69) is 15.5 Å². The second kappa shape index (κ2) is 8.01. The molecule has 0 fully saturated rings. The van der Waals surface area contributed by atoms with E-state index in [1.165, 1.54) is 18.2 Å². The van der Waals surface area contributed by atoms with Gasteiger partial charge in [0.2, 0.25) is 10.1 Å². The number of non-ortho nitro benzene ring substituents is 1. The zero-order valence-corrected chi connectivity index (χ0v) is 15.1. The number of nitro benzene ring substituents is 1. The molecule has 1 aromatic carbocycles. The number of nitro groups is 1. The largest absolute Gasteiger partial charge is 0.445 e. The van der Waals surface area contributed by atoms with Gasteiger partial charge in [0, 0.05) is 37.5 Å². The van der Waals surface area contributed by atoms with Crippen molar-refractivity contribution < 1.29 is 22.9 Å². The van der Waals surface area contributed by atoms with Crippen molar-refractivity contribution in [2.24, 2.45) is 0 Å². The third-order valence-electron chi connectivity index (χ3n) is 3.26. The molecule has 0 spiro atoms. The minimum Gasteiger partial charge on any atom is -0.377 e. The van der Waals surface area contributed by atoms with E-state index in [4.69, 9.17) is 0 Å². The molecule has 0 atom stereocenters. The number of nitrogens with one attached hydrogen (secondary N) is 1. The summed E-state index contributed by atoms with van der Waals surface area (Å²) >= 11 is 0.103. The smallest absolute Gasteiger partial charge is 0.377 e. The quantitative estimate of drug-likeness (QED) is 0.346. The number of benzene rings is 1. The first-order chi connectivity index (χ1) is 13.0. The summed E-state index contributed by atoms with van der Waals surface area (Å²) in [5, 5.41) is 26.7. The summed E-state index contributed by atoms with van der Waals surface area (Å²) in [6.07, 6.45) is -3.61. The Morgan fingerprint density at radius 2 is 2.07 bits per heavy atom. The molecule has 0 aliphatic rings. The molecule has 9 nitrogen and oxygen atoms in total. The molecule has 0 saturated carbocycles. The number of rotatable bonds is 5. The Morgan fingerprint density at radius 1 is 1.39 bits per heavy atom. The van der Waals surface area contributed by atoms with Gasteiger partial charge in [-0.15, -0.1) is 10.2 Å². The van der Waals surface area contributed by atoms with E-state index in [0.717, 1.165) is 6.08 Å². The Labute approximate surface area is 159 Å². The van der Waals surface area contributed by atoms with Gasteiger partial charge in [-0.25, -0.2) is 0 Å². The molecule has 1 N–H and O–H groups in total. The first-order valence-corrected chi connectivity index (χ1v) is 8.14. The van der Waals surface area contributed by atoms with E-state index in [0.29, 0.717) is 5.69 Å². The number of carbonyl (C=O) groups excluding carboxylic acids is 1. The lowest BCUT2D eigenvalue weighted by Gasteiger charge is -2.15. The Kier molecular flexibility index (Phi) is 5.94. The highest BCUT2D eigenvalue weighted by atomic mass is 32.1. The Hall–Kier alpha value is -3.53. The van der Waals surface area contributed by atoms with Gasteiger partial charge in [0.1, 0.15) is 11.6 Å². The number of nitrogens with zero attached hydrogens (tertiary/aromatic N) is 5. The number of amides is 1. The van der Waals surface area contributed by atoms with E-state index in [1.807, 2.05) is 0 Å². The second-order valence-corrected chi connectivity index (χ2v) is 6.41. The molecule has 1 heterocycles. The fraction of sp³-hybridized carbons (Fsp3) is 0.200. The first kappa shape index (κ1) is 20.8. The van der Waals surface area contributed by atoms with Crippen molar-refractivity contribution in [3.63, 3.8) is 0 Å². The van der Waals surface area contributed by atoms with Crippen LogP contribution in [0.25, 0.3) is 6.08 Å². The lowest BCUT2D eigenvalue weighted by Crippen LogP contribution is -2.14. The van der Waals surface area contributed by atoms with Crippen molar-refractivity contribution in [2.45, 2.75) is 6.18 Å². The van der Waals surface area contributed by atoms with E-state index in [1.54, 1.807) is 25.1 Å². The summed E-state index contributed by atoms with van der Waals surface area (Å²) in [4.78, 5) is 24.2. The summed E-state index contributed by atoms with van der Waals surface area (Å²) in [5.41, 5.74) is -0.0404. The number of hydrogen-bond donors (Lipinski definition) is 1. The van der Waals surface area contributed by atoms with Crippen LogP contribution in [0.5, 0.6) is 0 Å².